The molecule has 0 aliphatic carbocycles. The van der Waals surface area contributed by atoms with Gasteiger partial charge in [-0.15, -0.1) is 0 Å². The van der Waals surface area contributed by atoms with Crippen molar-refractivity contribution in [2.75, 3.05) is 6.54 Å². The van der Waals surface area contributed by atoms with Gasteiger partial charge < -0.3 is 15.0 Å². The fourth-order valence-corrected chi connectivity index (χ4v) is 3.00. The number of para-hydroxylation sites is 1. The van der Waals surface area contributed by atoms with Crippen molar-refractivity contribution in [1.82, 2.24) is 15.2 Å². The molecule has 0 spiro atoms. The maximum Gasteiger partial charge on any atom is 0.243 e. The summed E-state index contributed by atoms with van der Waals surface area (Å²) in [5.74, 6) is -0.507. The molecule has 1 saturated heterocycles. The fraction of sp³-hybridized carbons (Fsp3) is 0.316. The van der Waals surface area contributed by atoms with E-state index in [2.05, 4.69) is 10.3 Å². The van der Waals surface area contributed by atoms with Crippen LogP contribution in [0.5, 0.6) is 11.6 Å². The first kappa shape index (κ1) is 17.8. The van der Waals surface area contributed by atoms with Gasteiger partial charge in [0.1, 0.15) is 6.04 Å². The highest BCUT2D eigenvalue weighted by Crippen LogP contribution is 2.25. The highest BCUT2D eigenvalue weighted by molar-refractivity contribution is 5.87. The number of benzene rings is 1. The van der Waals surface area contributed by atoms with E-state index in [0.717, 1.165) is 6.42 Å². The van der Waals surface area contributed by atoms with Crippen LogP contribution in [0, 0.1) is 5.82 Å². The summed E-state index contributed by atoms with van der Waals surface area (Å²) in [4.78, 5) is 29.7. The largest absolute Gasteiger partial charge is 0.436 e. The van der Waals surface area contributed by atoms with Crippen LogP contribution in [0.4, 0.5) is 4.39 Å². The molecule has 1 aromatic heterocycles. The monoisotopic (exact) mass is 357 g/mol. The van der Waals surface area contributed by atoms with Crippen LogP contribution in [0.3, 0.4) is 0 Å². The number of pyridine rings is 1. The number of carbonyl (C=O) groups excluding carboxylic acids is 2. The van der Waals surface area contributed by atoms with E-state index in [1.165, 1.54) is 25.3 Å². The summed E-state index contributed by atoms with van der Waals surface area (Å²) in [6.45, 7) is 2.24. The second-order valence-electron chi connectivity index (χ2n) is 6.09. The number of likely N-dealkylation sites (tertiary alicyclic amines) is 1. The predicted octanol–water partition coefficient (Wildman–Crippen LogP) is 2.64. The van der Waals surface area contributed by atoms with Crippen LogP contribution >= 0.6 is 0 Å². The molecule has 6 nitrogen and oxygen atoms in total. The van der Waals surface area contributed by atoms with Crippen molar-refractivity contribution >= 4 is 11.8 Å². The van der Waals surface area contributed by atoms with E-state index in [-0.39, 0.29) is 30.0 Å². The number of rotatable bonds is 5. The first-order chi connectivity index (χ1) is 12.6. The number of carbonyl (C=O) groups is 2. The van der Waals surface area contributed by atoms with Crippen molar-refractivity contribution in [3.05, 3.63) is 54.0 Å². The molecule has 26 heavy (non-hydrogen) atoms. The number of nitrogens with one attached hydrogen (secondary N) is 1. The van der Waals surface area contributed by atoms with Crippen molar-refractivity contribution in [1.29, 1.82) is 0 Å². The van der Waals surface area contributed by atoms with E-state index in [9.17, 15) is 14.0 Å². The molecule has 3 rings (SSSR count). The van der Waals surface area contributed by atoms with Crippen LogP contribution in [0.2, 0.25) is 0 Å². The molecular weight excluding hydrogens is 337 g/mol. The van der Waals surface area contributed by atoms with Gasteiger partial charge in [-0.3, -0.25) is 9.59 Å². The highest BCUT2D eigenvalue weighted by Gasteiger charge is 2.32. The Morgan fingerprint density at radius 3 is 2.88 bits per heavy atom. The number of halogens is 1. The Morgan fingerprint density at radius 1 is 1.31 bits per heavy atom. The van der Waals surface area contributed by atoms with E-state index < -0.39 is 11.9 Å². The van der Waals surface area contributed by atoms with Gasteiger partial charge in [-0.05, 0) is 31.0 Å². The molecule has 2 amide bonds. The molecule has 0 unspecified atom stereocenters. The maximum atomic E-state index is 13.8. The molecule has 2 heterocycles. The number of hydrogen-bond acceptors (Lipinski definition) is 4. The zero-order valence-electron chi connectivity index (χ0n) is 14.4. The molecule has 0 bridgehead atoms. The molecule has 1 atom stereocenters. The second kappa shape index (κ2) is 7.95. The summed E-state index contributed by atoms with van der Waals surface area (Å²) in [5.41, 5.74) is 0.622. The van der Waals surface area contributed by atoms with E-state index in [0.29, 0.717) is 18.5 Å². The Bertz CT molecular complexity index is 812. The molecule has 7 heteroatoms. The third-order valence-corrected chi connectivity index (χ3v) is 4.31. The van der Waals surface area contributed by atoms with Crippen LogP contribution < -0.4 is 10.1 Å². The molecule has 0 radical (unpaired) electrons. The standard InChI is InChI=1S/C19H20FN3O3/c1-13(24)23-11-5-8-16(23)18(25)22-12-14-6-4-10-21-19(14)26-17-9-3-2-7-15(17)20/h2-4,6-7,9-10,16H,5,8,11-12H2,1H3,(H,22,25)/t16-/m0/s1. The Hall–Kier alpha value is -2.96. The van der Waals surface area contributed by atoms with Crippen LogP contribution in [0.1, 0.15) is 25.3 Å². The lowest BCUT2D eigenvalue weighted by Crippen LogP contribution is -2.44. The van der Waals surface area contributed by atoms with E-state index in [1.54, 1.807) is 29.2 Å². The smallest absolute Gasteiger partial charge is 0.243 e. The highest BCUT2D eigenvalue weighted by atomic mass is 19.1. The van der Waals surface area contributed by atoms with Crippen LogP contribution in [-0.4, -0.2) is 34.3 Å². The van der Waals surface area contributed by atoms with Gasteiger partial charge in [-0.1, -0.05) is 18.2 Å². The fourth-order valence-electron chi connectivity index (χ4n) is 3.00. The lowest BCUT2D eigenvalue weighted by molar-refractivity contribution is -0.136. The molecule has 0 saturated carbocycles. The third-order valence-electron chi connectivity index (χ3n) is 4.31. The van der Waals surface area contributed by atoms with Crippen LogP contribution in [0.25, 0.3) is 0 Å². The van der Waals surface area contributed by atoms with E-state index >= 15 is 0 Å². The summed E-state index contributed by atoms with van der Waals surface area (Å²) < 4.78 is 19.3. The molecular formula is C19H20FN3O3. The van der Waals surface area contributed by atoms with Gasteiger partial charge in [0, 0.05) is 31.8 Å². The Kier molecular flexibility index (Phi) is 5.46. The van der Waals surface area contributed by atoms with Gasteiger partial charge in [-0.25, -0.2) is 9.37 Å². The van der Waals surface area contributed by atoms with Gasteiger partial charge in [0.2, 0.25) is 17.7 Å². The minimum Gasteiger partial charge on any atom is -0.436 e. The Balaban J connectivity index is 1.68. The van der Waals surface area contributed by atoms with Gasteiger partial charge in [0.05, 0.1) is 0 Å². The predicted molar refractivity (Wildman–Crippen MR) is 93.0 cm³/mol. The summed E-state index contributed by atoms with van der Waals surface area (Å²) >= 11 is 0. The third kappa shape index (κ3) is 3.99. The van der Waals surface area contributed by atoms with Crippen LogP contribution in [0.15, 0.2) is 42.6 Å². The zero-order valence-corrected chi connectivity index (χ0v) is 14.4. The maximum absolute atomic E-state index is 13.8. The number of aromatic nitrogens is 1. The average Bonchev–Trinajstić information content (AvgIpc) is 3.13. The normalized spacial score (nSPS) is 16.4. The van der Waals surface area contributed by atoms with Crippen molar-refractivity contribution in [2.45, 2.75) is 32.4 Å². The second-order valence-corrected chi connectivity index (χ2v) is 6.09. The summed E-state index contributed by atoms with van der Waals surface area (Å²) in [5, 5.41) is 2.82. The van der Waals surface area contributed by atoms with E-state index in [1.807, 2.05) is 0 Å². The molecule has 1 aliphatic rings. The molecule has 1 fully saturated rings. The molecule has 136 valence electrons. The summed E-state index contributed by atoms with van der Waals surface area (Å²) in [6.07, 6.45) is 3.00. The average molecular weight is 357 g/mol. The molecule has 1 aliphatic heterocycles. The first-order valence-corrected chi connectivity index (χ1v) is 8.47. The zero-order chi connectivity index (χ0) is 18.5. The minimum absolute atomic E-state index is 0.0670. The van der Waals surface area contributed by atoms with E-state index in [4.69, 9.17) is 4.74 Å². The quantitative estimate of drug-likeness (QED) is 0.893. The summed E-state index contributed by atoms with van der Waals surface area (Å²) in [6, 6.07) is 9.07. The van der Waals surface area contributed by atoms with Gasteiger partial charge in [0.15, 0.2) is 11.6 Å². The van der Waals surface area contributed by atoms with Crippen molar-refractivity contribution in [3.8, 4) is 11.6 Å². The minimum atomic E-state index is -0.490. The Morgan fingerprint density at radius 2 is 2.12 bits per heavy atom. The number of amides is 2. The summed E-state index contributed by atoms with van der Waals surface area (Å²) in [7, 11) is 0. The number of nitrogens with zero attached hydrogens (tertiary/aromatic N) is 2. The molecule has 1 N–H and O–H groups in total. The molecule has 2 aromatic rings. The lowest BCUT2D eigenvalue weighted by Gasteiger charge is -2.22. The van der Waals surface area contributed by atoms with Gasteiger partial charge in [-0.2, -0.15) is 0 Å². The van der Waals surface area contributed by atoms with Crippen molar-refractivity contribution in [3.63, 3.8) is 0 Å². The Labute approximate surface area is 151 Å². The topological polar surface area (TPSA) is 71.5 Å². The number of ether oxygens (including phenoxy) is 1. The van der Waals surface area contributed by atoms with Gasteiger partial charge in [0.25, 0.3) is 0 Å². The first-order valence-electron chi connectivity index (χ1n) is 8.47. The lowest BCUT2D eigenvalue weighted by atomic mass is 10.2. The molecule has 1 aromatic carbocycles. The van der Waals surface area contributed by atoms with Crippen molar-refractivity contribution in [2.24, 2.45) is 0 Å². The van der Waals surface area contributed by atoms with Crippen LogP contribution in [-0.2, 0) is 16.1 Å². The number of hydrogen-bond donors (Lipinski definition) is 1. The SMILES string of the molecule is CC(=O)N1CCC[C@H]1C(=O)NCc1cccnc1Oc1ccccc1F. The van der Waals surface area contributed by atoms with Gasteiger partial charge >= 0.3 is 0 Å². The van der Waals surface area contributed by atoms with Crippen molar-refractivity contribution < 1.29 is 18.7 Å².